The number of nitrogens with zero attached hydrogens (tertiary/aromatic N) is 2. The first kappa shape index (κ1) is 16.0. The highest BCUT2D eigenvalue weighted by Crippen LogP contribution is 2.54. The molecule has 0 bridgehead atoms. The Morgan fingerprint density at radius 3 is 2.58 bits per heavy atom. The normalized spacial score (nSPS) is 45.3. The molecular weight excluding hydrogens is 310 g/mol. The predicted octanol–water partition coefficient (Wildman–Crippen LogP) is 0.504. The van der Waals surface area contributed by atoms with Crippen molar-refractivity contribution in [1.82, 2.24) is 15.3 Å². The smallest absolute Gasteiger partial charge is 0.258 e. The molecule has 3 saturated heterocycles. The molecule has 24 heavy (non-hydrogen) atoms. The molecule has 1 N–H and O–H groups in total. The number of rotatable bonds is 1. The fraction of sp³-hybridized carbons (Fsp3) is 0.824. The first-order valence-electron chi connectivity index (χ1n) is 8.87. The van der Waals surface area contributed by atoms with E-state index in [4.69, 9.17) is 4.84 Å². The Hall–Kier alpha value is -1.47. The lowest BCUT2D eigenvalue weighted by Gasteiger charge is -2.52. The van der Waals surface area contributed by atoms with Gasteiger partial charge in [-0.3, -0.25) is 24.5 Å². The highest BCUT2D eigenvalue weighted by atomic mass is 16.7. The number of fused-ring (bicyclic) bond motifs is 4. The standard InChI is InChI=1S/C17H25N3O4/c1-8(2)10-6-5-9(3)7-17(10)19(4)16(23)12-11-13(24-20(12)17)15(22)18-14(11)21/h8-13H,5-7H2,1-4H3,(H,18,21,22)/t9-,10+,11-,12+,13+,17+/m1/s1. The summed E-state index contributed by atoms with van der Waals surface area (Å²) in [4.78, 5) is 45.1. The summed E-state index contributed by atoms with van der Waals surface area (Å²) in [6, 6.07) is -0.682. The third kappa shape index (κ3) is 1.77. The molecule has 132 valence electrons. The first-order chi connectivity index (χ1) is 11.3. The van der Waals surface area contributed by atoms with Gasteiger partial charge in [0.2, 0.25) is 11.8 Å². The van der Waals surface area contributed by atoms with E-state index in [1.165, 1.54) is 0 Å². The van der Waals surface area contributed by atoms with Crippen LogP contribution in [0, 0.1) is 23.7 Å². The van der Waals surface area contributed by atoms with E-state index < -0.39 is 29.6 Å². The number of amides is 3. The number of hydrogen-bond acceptors (Lipinski definition) is 5. The summed E-state index contributed by atoms with van der Waals surface area (Å²) in [5.41, 5.74) is -0.557. The largest absolute Gasteiger partial charge is 0.323 e. The number of hydroxylamine groups is 2. The lowest BCUT2D eigenvalue weighted by atomic mass is 9.69. The maximum Gasteiger partial charge on any atom is 0.258 e. The van der Waals surface area contributed by atoms with E-state index in [1.54, 1.807) is 9.96 Å². The second-order valence-electron chi connectivity index (χ2n) is 8.19. The monoisotopic (exact) mass is 335 g/mol. The van der Waals surface area contributed by atoms with E-state index in [9.17, 15) is 14.4 Å². The Bertz CT molecular complexity index is 621. The van der Waals surface area contributed by atoms with Crippen molar-refractivity contribution >= 4 is 17.7 Å². The zero-order valence-corrected chi connectivity index (χ0v) is 14.6. The van der Waals surface area contributed by atoms with Crippen molar-refractivity contribution in [2.45, 2.75) is 57.8 Å². The Labute approximate surface area is 141 Å². The molecule has 6 atom stereocenters. The van der Waals surface area contributed by atoms with E-state index in [0.29, 0.717) is 11.8 Å². The van der Waals surface area contributed by atoms with Crippen molar-refractivity contribution in [2.75, 3.05) is 7.05 Å². The van der Waals surface area contributed by atoms with Crippen LogP contribution in [0.25, 0.3) is 0 Å². The average molecular weight is 335 g/mol. The van der Waals surface area contributed by atoms with Crippen LogP contribution in [0.5, 0.6) is 0 Å². The molecule has 1 aliphatic carbocycles. The fourth-order valence-corrected chi connectivity index (χ4v) is 5.42. The summed E-state index contributed by atoms with van der Waals surface area (Å²) in [7, 11) is 1.82. The molecule has 4 rings (SSSR count). The van der Waals surface area contributed by atoms with E-state index in [2.05, 4.69) is 26.1 Å². The molecule has 0 aromatic heterocycles. The lowest BCUT2D eigenvalue weighted by molar-refractivity contribution is -0.260. The van der Waals surface area contributed by atoms with Crippen LogP contribution in [-0.2, 0) is 19.2 Å². The van der Waals surface area contributed by atoms with Gasteiger partial charge in [0, 0.05) is 13.0 Å². The Morgan fingerprint density at radius 2 is 1.92 bits per heavy atom. The molecule has 0 aromatic carbocycles. The SMILES string of the molecule is CC(C)[C@@H]1CC[C@@H](C)C[C@@]12N(C)C(=O)[C@@H]1[C@H]3C(=O)NC(=O)[C@H]3ON12. The van der Waals surface area contributed by atoms with Crippen LogP contribution in [-0.4, -0.2) is 52.5 Å². The molecule has 1 spiro atoms. The number of likely N-dealkylation sites (N-methyl/N-ethyl adjacent to an activating group) is 1. The summed E-state index contributed by atoms with van der Waals surface area (Å²) >= 11 is 0. The van der Waals surface area contributed by atoms with Gasteiger partial charge >= 0.3 is 0 Å². The molecule has 4 fully saturated rings. The quantitative estimate of drug-likeness (QED) is 0.706. The van der Waals surface area contributed by atoms with Gasteiger partial charge in [0.1, 0.15) is 17.6 Å². The van der Waals surface area contributed by atoms with Crippen LogP contribution < -0.4 is 5.32 Å². The van der Waals surface area contributed by atoms with Gasteiger partial charge in [-0.15, -0.1) is 5.06 Å². The number of imide groups is 1. The van der Waals surface area contributed by atoms with Gasteiger partial charge in [0.25, 0.3) is 5.91 Å². The van der Waals surface area contributed by atoms with Gasteiger partial charge in [-0.25, -0.2) is 0 Å². The Kier molecular flexibility index (Phi) is 3.35. The molecule has 3 amide bonds. The summed E-state index contributed by atoms with van der Waals surface area (Å²) in [6.07, 6.45) is 2.09. The average Bonchev–Trinajstić information content (AvgIpc) is 3.09. The fourth-order valence-electron chi connectivity index (χ4n) is 5.42. The first-order valence-corrected chi connectivity index (χ1v) is 8.87. The zero-order chi connectivity index (χ0) is 17.4. The topological polar surface area (TPSA) is 79.0 Å². The Balaban J connectivity index is 1.80. The van der Waals surface area contributed by atoms with Crippen molar-refractivity contribution in [3.05, 3.63) is 0 Å². The van der Waals surface area contributed by atoms with Gasteiger partial charge in [0.05, 0.1) is 0 Å². The molecule has 3 heterocycles. The number of hydrogen-bond donors (Lipinski definition) is 1. The molecule has 0 aromatic rings. The molecule has 7 nitrogen and oxygen atoms in total. The van der Waals surface area contributed by atoms with Gasteiger partial charge in [0.15, 0.2) is 6.10 Å². The third-order valence-corrected chi connectivity index (χ3v) is 6.52. The van der Waals surface area contributed by atoms with Crippen LogP contribution in [0.3, 0.4) is 0 Å². The zero-order valence-electron chi connectivity index (χ0n) is 14.6. The van der Waals surface area contributed by atoms with Crippen molar-refractivity contribution in [2.24, 2.45) is 23.7 Å². The molecular formula is C17H25N3O4. The number of carbonyl (C=O) groups excluding carboxylic acids is 3. The predicted molar refractivity (Wildman–Crippen MR) is 84.0 cm³/mol. The van der Waals surface area contributed by atoms with Gasteiger partial charge in [-0.2, -0.15) is 0 Å². The molecule has 1 saturated carbocycles. The minimum atomic E-state index is -0.859. The minimum Gasteiger partial charge on any atom is -0.323 e. The van der Waals surface area contributed by atoms with Gasteiger partial charge < -0.3 is 4.90 Å². The van der Waals surface area contributed by atoms with Crippen molar-refractivity contribution in [3.63, 3.8) is 0 Å². The van der Waals surface area contributed by atoms with Crippen molar-refractivity contribution in [3.8, 4) is 0 Å². The minimum absolute atomic E-state index is 0.105. The number of carbonyl (C=O) groups is 3. The maximum atomic E-state index is 13.0. The van der Waals surface area contributed by atoms with E-state index in [-0.39, 0.29) is 17.7 Å². The summed E-state index contributed by atoms with van der Waals surface area (Å²) in [5, 5.41) is 4.04. The van der Waals surface area contributed by atoms with Crippen LogP contribution in [0.1, 0.15) is 40.0 Å². The van der Waals surface area contributed by atoms with Crippen molar-refractivity contribution < 1.29 is 19.2 Å². The molecule has 3 aliphatic heterocycles. The lowest BCUT2D eigenvalue weighted by Crippen LogP contribution is -2.61. The number of nitrogens with one attached hydrogen (secondary N) is 1. The van der Waals surface area contributed by atoms with Crippen LogP contribution >= 0.6 is 0 Å². The van der Waals surface area contributed by atoms with E-state index >= 15 is 0 Å². The molecule has 0 radical (unpaired) electrons. The summed E-state index contributed by atoms with van der Waals surface area (Å²) in [6.45, 7) is 6.53. The second kappa shape index (κ2) is 5.02. The van der Waals surface area contributed by atoms with E-state index in [1.807, 2.05) is 7.05 Å². The summed E-state index contributed by atoms with van der Waals surface area (Å²) in [5.74, 6) is -0.549. The molecule has 7 heteroatoms. The Morgan fingerprint density at radius 1 is 1.21 bits per heavy atom. The second-order valence-corrected chi connectivity index (χ2v) is 8.19. The molecule has 0 unspecified atom stereocenters. The summed E-state index contributed by atoms with van der Waals surface area (Å²) < 4.78 is 0. The van der Waals surface area contributed by atoms with Gasteiger partial charge in [-0.1, -0.05) is 27.2 Å². The van der Waals surface area contributed by atoms with Crippen molar-refractivity contribution in [1.29, 1.82) is 0 Å². The van der Waals surface area contributed by atoms with E-state index in [0.717, 1.165) is 19.3 Å². The van der Waals surface area contributed by atoms with Crippen LogP contribution in [0.15, 0.2) is 0 Å². The maximum absolute atomic E-state index is 13.0. The third-order valence-electron chi connectivity index (χ3n) is 6.52. The highest BCUT2D eigenvalue weighted by Gasteiger charge is 2.71. The van der Waals surface area contributed by atoms with Crippen LogP contribution in [0.2, 0.25) is 0 Å². The molecule has 4 aliphatic rings. The van der Waals surface area contributed by atoms with Crippen LogP contribution in [0.4, 0.5) is 0 Å². The highest BCUT2D eigenvalue weighted by molar-refractivity contribution is 6.09. The van der Waals surface area contributed by atoms with Gasteiger partial charge in [-0.05, 0) is 24.7 Å².